The first-order valence-electron chi connectivity index (χ1n) is 10.1. The average Bonchev–Trinajstić information content (AvgIpc) is 2.76. The summed E-state index contributed by atoms with van der Waals surface area (Å²) in [6.07, 6.45) is -3.63. The van der Waals surface area contributed by atoms with Crippen LogP contribution in [0, 0.1) is 0 Å². The molecule has 33 heavy (non-hydrogen) atoms. The second kappa shape index (κ2) is 10.7. The number of rotatable bonds is 9. The number of likely N-dealkylation sites (N-methyl/N-ethyl adjacent to an activating group) is 1. The number of anilines is 1. The van der Waals surface area contributed by atoms with Gasteiger partial charge in [0, 0.05) is 13.6 Å². The second-order valence-electron chi connectivity index (χ2n) is 7.36. The highest BCUT2D eigenvalue weighted by atomic mass is 32.2. The lowest BCUT2D eigenvalue weighted by molar-refractivity contribution is -0.140. The minimum absolute atomic E-state index is 0.0196. The highest BCUT2D eigenvalue weighted by molar-refractivity contribution is 7.92. The zero-order valence-corrected chi connectivity index (χ0v) is 19.3. The lowest BCUT2D eigenvalue weighted by Crippen LogP contribution is -2.51. The van der Waals surface area contributed by atoms with E-state index in [2.05, 4.69) is 5.32 Å². The molecule has 2 amide bonds. The normalized spacial score (nSPS) is 12.7. The molecule has 0 bridgehead atoms. The van der Waals surface area contributed by atoms with Crippen LogP contribution < -0.4 is 9.62 Å². The van der Waals surface area contributed by atoms with Crippen LogP contribution in [0.25, 0.3) is 0 Å². The fraction of sp³-hybridized carbons (Fsp3) is 0.364. The van der Waals surface area contributed by atoms with E-state index in [1.54, 1.807) is 37.3 Å². The van der Waals surface area contributed by atoms with Crippen LogP contribution in [0.15, 0.2) is 54.6 Å². The third-order valence-electron chi connectivity index (χ3n) is 4.97. The topological polar surface area (TPSA) is 86.8 Å². The van der Waals surface area contributed by atoms with Gasteiger partial charge in [-0.2, -0.15) is 13.2 Å². The molecular formula is C22H26F3N3O4S. The molecule has 180 valence electrons. The molecule has 0 saturated carbocycles. The summed E-state index contributed by atoms with van der Waals surface area (Å²) in [4.78, 5) is 27.0. The van der Waals surface area contributed by atoms with E-state index < -0.39 is 46.2 Å². The van der Waals surface area contributed by atoms with Gasteiger partial charge >= 0.3 is 6.18 Å². The van der Waals surface area contributed by atoms with Crippen LogP contribution in [0.4, 0.5) is 18.9 Å². The van der Waals surface area contributed by atoms with Crippen LogP contribution >= 0.6 is 0 Å². The third kappa shape index (κ3) is 6.95. The zero-order chi connectivity index (χ0) is 24.8. The molecule has 0 heterocycles. The van der Waals surface area contributed by atoms with Crippen LogP contribution in [-0.2, 0) is 32.3 Å². The summed E-state index contributed by atoms with van der Waals surface area (Å²) in [5, 5.41) is 2.49. The minimum atomic E-state index is -4.69. The fourth-order valence-corrected chi connectivity index (χ4v) is 4.16. The summed E-state index contributed by atoms with van der Waals surface area (Å²) >= 11 is 0. The molecule has 1 N–H and O–H groups in total. The Labute approximate surface area is 191 Å². The first kappa shape index (κ1) is 26.2. The van der Waals surface area contributed by atoms with Gasteiger partial charge in [0.15, 0.2) is 0 Å². The molecule has 0 fully saturated rings. The van der Waals surface area contributed by atoms with Gasteiger partial charge in [-0.15, -0.1) is 0 Å². The van der Waals surface area contributed by atoms with Crippen LogP contribution in [-0.4, -0.2) is 51.0 Å². The predicted molar refractivity (Wildman–Crippen MR) is 119 cm³/mol. The highest BCUT2D eigenvalue weighted by Crippen LogP contribution is 2.32. The molecule has 0 saturated heterocycles. The van der Waals surface area contributed by atoms with Gasteiger partial charge in [-0.05, 0) is 30.2 Å². The molecule has 0 aliphatic heterocycles. The average molecular weight is 486 g/mol. The van der Waals surface area contributed by atoms with Crippen molar-refractivity contribution in [2.75, 3.05) is 24.2 Å². The number of nitrogens with zero attached hydrogens (tertiary/aromatic N) is 2. The van der Waals surface area contributed by atoms with Gasteiger partial charge in [0.05, 0.1) is 17.5 Å². The number of carbonyl (C=O) groups is 2. The Balaban J connectivity index is 2.45. The predicted octanol–water partition coefficient (Wildman–Crippen LogP) is 3.02. The van der Waals surface area contributed by atoms with Crippen molar-refractivity contribution in [1.82, 2.24) is 10.2 Å². The Kier molecular flexibility index (Phi) is 8.48. The number of hydrogen-bond donors (Lipinski definition) is 1. The van der Waals surface area contributed by atoms with E-state index in [9.17, 15) is 31.2 Å². The maximum Gasteiger partial charge on any atom is 0.416 e. The SMILES string of the molecule is CCC(C(=O)NC)N(Cc1ccccc1)C(=O)CN(c1cccc(C(F)(F)F)c1)S(C)(=O)=O. The van der Waals surface area contributed by atoms with Crippen molar-refractivity contribution in [3.63, 3.8) is 0 Å². The molecule has 0 aromatic heterocycles. The van der Waals surface area contributed by atoms with Crippen LogP contribution in [0.5, 0.6) is 0 Å². The van der Waals surface area contributed by atoms with Crippen molar-refractivity contribution in [2.24, 2.45) is 0 Å². The van der Waals surface area contributed by atoms with Gasteiger partial charge in [0.1, 0.15) is 12.6 Å². The Bertz CT molecular complexity index is 1080. The van der Waals surface area contributed by atoms with Crippen molar-refractivity contribution >= 4 is 27.5 Å². The summed E-state index contributed by atoms with van der Waals surface area (Å²) in [6, 6.07) is 11.6. The summed E-state index contributed by atoms with van der Waals surface area (Å²) in [6.45, 7) is 0.957. The van der Waals surface area contributed by atoms with E-state index in [1.165, 1.54) is 18.0 Å². The molecule has 2 aromatic rings. The molecule has 2 rings (SSSR count). The number of amides is 2. The van der Waals surface area contributed by atoms with Crippen LogP contribution in [0.1, 0.15) is 24.5 Å². The van der Waals surface area contributed by atoms with Crippen LogP contribution in [0.2, 0.25) is 0 Å². The lowest BCUT2D eigenvalue weighted by atomic mass is 10.1. The maximum atomic E-state index is 13.3. The third-order valence-corrected chi connectivity index (χ3v) is 6.11. The quantitative estimate of drug-likeness (QED) is 0.592. The van der Waals surface area contributed by atoms with Crippen molar-refractivity contribution < 1.29 is 31.2 Å². The van der Waals surface area contributed by atoms with Crippen molar-refractivity contribution in [3.05, 3.63) is 65.7 Å². The van der Waals surface area contributed by atoms with Crippen LogP contribution in [0.3, 0.4) is 0 Å². The smallest absolute Gasteiger partial charge is 0.357 e. The molecule has 1 unspecified atom stereocenters. The monoisotopic (exact) mass is 485 g/mol. The zero-order valence-electron chi connectivity index (χ0n) is 18.5. The molecule has 2 aromatic carbocycles. The number of hydrogen-bond acceptors (Lipinski definition) is 4. The van der Waals surface area contributed by atoms with Gasteiger partial charge in [-0.3, -0.25) is 13.9 Å². The van der Waals surface area contributed by atoms with E-state index in [-0.39, 0.29) is 18.7 Å². The van der Waals surface area contributed by atoms with Gasteiger partial charge in [0.25, 0.3) is 0 Å². The maximum absolute atomic E-state index is 13.3. The number of carbonyl (C=O) groups excluding carboxylic acids is 2. The highest BCUT2D eigenvalue weighted by Gasteiger charge is 2.34. The number of halogens is 3. The molecule has 7 nitrogen and oxygen atoms in total. The Morgan fingerprint density at radius 3 is 2.21 bits per heavy atom. The largest absolute Gasteiger partial charge is 0.416 e. The van der Waals surface area contributed by atoms with E-state index in [4.69, 9.17) is 0 Å². The van der Waals surface area contributed by atoms with Gasteiger partial charge in [-0.1, -0.05) is 43.3 Å². The number of alkyl halides is 3. The molecule has 0 radical (unpaired) electrons. The van der Waals surface area contributed by atoms with E-state index in [1.807, 2.05) is 0 Å². The first-order chi connectivity index (χ1) is 15.4. The summed E-state index contributed by atoms with van der Waals surface area (Å²) in [7, 11) is -2.70. The summed E-state index contributed by atoms with van der Waals surface area (Å²) in [5.41, 5.74) is -0.634. The summed E-state index contributed by atoms with van der Waals surface area (Å²) < 4.78 is 64.9. The molecule has 1 atom stereocenters. The number of nitrogens with one attached hydrogen (secondary N) is 1. The summed E-state index contributed by atoms with van der Waals surface area (Å²) in [5.74, 6) is -1.16. The van der Waals surface area contributed by atoms with Crippen molar-refractivity contribution in [3.8, 4) is 0 Å². The fourth-order valence-electron chi connectivity index (χ4n) is 3.32. The van der Waals surface area contributed by atoms with E-state index in [0.717, 1.165) is 18.4 Å². The van der Waals surface area contributed by atoms with Gasteiger partial charge in [-0.25, -0.2) is 8.42 Å². The van der Waals surface area contributed by atoms with E-state index in [0.29, 0.717) is 15.9 Å². The van der Waals surface area contributed by atoms with E-state index >= 15 is 0 Å². The van der Waals surface area contributed by atoms with Gasteiger partial charge in [0.2, 0.25) is 21.8 Å². The molecule has 0 aliphatic rings. The van der Waals surface area contributed by atoms with Gasteiger partial charge < -0.3 is 10.2 Å². The number of sulfonamides is 1. The Morgan fingerprint density at radius 2 is 1.70 bits per heavy atom. The second-order valence-corrected chi connectivity index (χ2v) is 9.27. The molecule has 0 spiro atoms. The standard InChI is InChI=1S/C22H26F3N3O4S/c1-4-19(21(30)26-2)27(14-16-9-6-5-7-10-16)20(29)15-28(33(3,31)32)18-12-8-11-17(13-18)22(23,24)25/h5-13,19H,4,14-15H2,1-3H3,(H,26,30). The lowest BCUT2D eigenvalue weighted by Gasteiger charge is -2.32. The first-order valence-corrected chi connectivity index (χ1v) is 11.9. The molecular weight excluding hydrogens is 459 g/mol. The number of benzene rings is 2. The Hall–Kier alpha value is -3.08. The molecule has 0 aliphatic carbocycles. The van der Waals surface area contributed by atoms with Crippen molar-refractivity contribution in [1.29, 1.82) is 0 Å². The minimum Gasteiger partial charge on any atom is -0.357 e. The van der Waals surface area contributed by atoms with Crippen molar-refractivity contribution in [2.45, 2.75) is 32.1 Å². The Morgan fingerprint density at radius 1 is 1.06 bits per heavy atom. The molecule has 11 heteroatoms.